The van der Waals surface area contributed by atoms with Gasteiger partial charge in [-0.3, -0.25) is 19.0 Å². The first-order valence-electron chi connectivity index (χ1n) is 8.42. The van der Waals surface area contributed by atoms with Crippen LogP contribution in [-0.4, -0.2) is 35.5 Å². The highest BCUT2D eigenvalue weighted by Gasteiger charge is 2.30. The van der Waals surface area contributed by atoms with E-state index < -0.39 is 23.3 Å². The Morgan fingerprint density at radius 3 is 2.65 bits per heavy atom. The van der Waals surface area contributed by atoms with Gasteiger partial charge in [0.25, 0.3) is 11.5 Å². The molecule has 0 radical (unpaired) electrons. The first-order valence-corrected chi connectivity index (χ1v) is 8.80. The van der Waals surface area contributed by atoms with Gasteiger partial charge < -0.3 is 10.1 Å². The Morgan fingerprint density at radius 1 is 1.23 bits per heavy atom. The van der Waals surface area contributed by atoms with Crippen LogP contribution >= 0.6 is 11.6 Å². The first-order chi connectivity index (χ1) is 12.6. The highest BCUT2D eigenvalue weighted by atomic mass is 35.5. The number of benzene rings is 1. The van der Waals surface area contributed by atoms with Gasteiger partial charge in [0.2, 0.25) is 0 Å². The molecule has 2 unspecified atom stereocenters. The lowest BCUT2D eigenvalue weighted by molar-refractivity contribution is -0.123. The average molecular weight is 375 g/mol. The van der Waals surface area contributed by atoms with Gasteiger partial charge in [-0.05, 0) is 43.2 Å². The molecule has 3 rings (SSSR count). The van der Waals surface area contributed by atoms with E-state index in [1.165, 1.54) is 12.3 Å². The molecule has 0 saturated carbocycles. The Hall–Kier alpha value is -2.44. The number of Topliss-reactive ketones (excluding diaryl/α,β-unsaturated/α-hetero) is 1. The van der Waals surface area contributed by atoms with Crippen LogP contribution < -0.4 is 10.9 Å². The molecule has 1 aromatic carbocycles. The van der Waals surface area contributed by atoms with Crippen LogP contribution in [0.15, 0.2) is 53.5 Å². The van der Waals surface area contributed by atoms with Crippen LogP contribution in [0.5, 0.6) is 0 Å². The largest absolute Gasteiger partial charge is 0.376 e. The summed E-state index contributed by atoms with van der Waals surface area (Å²) in [5.74, 6) is -1.01. The van der Waals surface area contributed by atoms with Crippen molar-refractivity contribution in [3.8, 4) is 0 Å². The van der Waals surface area contributed by atoms with E-state index in [2.05, 4.69) is 5.32 Å². The van der Waals surface area contributed by atoms with E-state index in [1.54, 1.807) is 36.4 Å². The number of amides is 1. The minimum atomic E-state index is -1.29. The number of carbonyl (C=O) groups excluding carboxylic acids is 2. The van der Waals surface area contributed by atoms with Crippen LogP contribution in [0.3, 0.4) is 0 Å². The van der Waals surface area contributed by atoms with E-state index in [1.807, 2.05) is 0 Å². The van der Waals surface area contributed by atoms with E-state index in [0.29, 0.717) is 23.7 Å². The van der Waals surface area contributed by atoms with Gasteiger partial charge in [0.15, 0.2) is 11.8 Å². The van der Waals surface area contributed by atoms with Gasteiger partial charge >= 0.3 is 0 Å². The molecule has 2 atom stereocenters. The Kier molecular flexibility index (Phi) is 5.85. The minimum absolute atomic E-state index is 0.0577. The molecule has 1 aliphatic heterocycles. The fourth-order valence-electron chi connectivity index (χ4n) is 2.91. The molecule has 26 heavy (non-hydrogen) atoms. The summed E-state index contributed by atoms with van der Waals surface area (Å²) in [6, 6.07) is 9.43. The van der Waals surface area contributed by atoms with Crippen LogP contribution in [0.2, 0.25) is 5.02 Å². The normalized spacial score (nSPS) is 17.7. The standard InChI is InChI=1S/C19H19ClN2O4/c20-14-8-6-13(7-9-14)18(24)17(22-10-2-1-5-16(22)23)19(25)21-12-15-4-3-11-26-15/h1-2,5-10,15,17H,3-4,11-12H2,(H,21,25). The topological polar surface area (TPSA) is 77.4 Å². The van der Waals surface area contributed by atoms with Crippen LogP contribution in [0.4, 0.5) is 0 Å². The molecule has 0 aliphatic carbocycles. The molecular weight excluding hydrogens is 356 g/mol. The highest BCUT2D eigenvalue weighted by Crippen LogP contribution is 2.17. The second-order valence-electron chi connectivity index (χ2n) is 6.10. The molecule has 6 nitrogen and oxygen atoms in total. The third kappa shape index (κ3) is 4.20. The number of ketones is 1. The zero-order valence-electron chi connectivity index (χ0n) is 14.1. The molecule has 1 fully saturated rings. The Morgan fingerprint density at radius 2 is 2.00 bits per heavy atom. The minimum Gasteiger partial charge on any atom is -0.376 e. The second kappa shape index (κ2) is 8.29. The maximum atomic E-state index is 13.0. The summed E-state index contributed by atoms with van der Waals surface area (Å²) in [5.41, 5.74) is -0.116. The molecule has 2 aromatic rings. The molecule has 136 valence electrons. The third-order valence-corrected chi connectivity index (χ3v) is 4.53. The lowest BCUT2D eigenvalue weighted by atomic mass is 10.0. The van der Waals surface area contributed by atoms with Crippen molar-refractivity contribution >= 4 is 23.3 Å². The van der Waals surface area contributed by atoms with Gasteiger partial charge in [-0.1, -0.05) is 17.7 Å². The molecule has 0 bridgehead atoms. The smallest absolute Gasteiger partial charge is 0.251 e. The maximum Gasteiger partial charge on any atom is 0.251 e. The number of pyridine rings is 1. The van der Waals surface area contributed by atoms with Crippen molar-refractivity contribution in [2.24, 2.45) is 0 Å². The molecule has 1 saturated heterocycles. The van der Waals surface area contributed by atoms with Crippen molar-refractivity contribution in [3.05, 3.63) is 69.6 Å². The first kappa shape index (κ1) is 18.4. The quantitative estimate of drug-likeness (QED) is 0.621. The van der Waals surface area contributed by atoms with E-state index in [-0.39, 0.29) is 6.10 Å². The molecule has 1 amide bonds. The summed E-state index contributed by atoms with van der Waals surface area (Å²) in [7, 11) is 0. The Bertz CT molecular complexity index is 841. The highest BCUT2D eigenvalue weighted by molar-refractivity contribution is 6.30. The van der Waals surface area contributed by atoms with Gasteiger partial charge in [-0.15, -0.1) is 0 Å². The van der Waals surface area contributed by atoms with Gasteiger partial charge in [0.1, 0.15) is 0 Å². The number of aromatic nitrogens is 1. The van der Waals surface area contributed by atoms with Gasteiger partial charge in [0.05, 0.1) is 6.10 Å². The Balaban J connectivity index is 1.87. The lowest BCUT2D eigenvalue weighted by Gasteiger charge is -2.19. The molecule has 1 aromatic heterocycles. The zero-order valence-corrected chi connectivity index (χ0v) is 14.8. The summed E-state index contributed by atoms with van der Waals surface area (Å²) in [6.07, 6.45) is 3.19. The van der Waals surface area contributed by atoms with E-state index in [0.717, 1.165) is 17.4 Å². The fourth-order valence-corrected chi connectivity index (χ4v) is 3.04. The number of halogens is 1. The number of ether oxygens (including phenoxy) is 1. The predicted molar refractivity (Wildman–Crippen MR) is 97.5 cm³/mol. The summed E-state index contributed by atoms with van der Waals surface area (Å²) in [5, 5.41) is 3.23. The van der Waals surface area contributed by atoms with Crippen LogP contribution in [-0.2, 0) is 9.53 Å². The van der Waals surface area contributed by atoms with Gasteiger partial charge in [-0.25, -0.2) is 0 Å². The number of rotatable bonds is 6. The van der Waals surface area contributed by atoms with Crippen molar-refractivity contribution in [1.82, 2.24) is 9.88 Å². The molecule has 1 aliphatic rings. The van der Waals surface area contributed by atoms with Crippen LogP contribution in [0.1, 0.15) is 29.2 Å². The molecule has 0 spiro atoms. The number of hydrogen-bond donors (Lipinski definition) is 1. The third-order valence-electron chi connectivity index (χ3n) is 4.28. The fraction of sp³-hybridized carbons (Fsp3) is 0.316. The molecular formula is C19H19ClN2O4. The summed E-state index contributed by atoms with van der Waals surface area (Å²) in [6.45, 7) is 0.983. The molecule has 1 N–H and O–H groups in total. The maximum absolute atomic E-state index is 13.0. The van der Waals surface area contributed by atoms with Crippen molar-refractivity contribution in [3.63, 3.8) is 0 Å². The van der Waals surface area contributed by atoms with E-state index in [9.17, 15) is 14.4 Å². The number of hydrogen-bond acceptors (Lipinski definition) is 4. The van der Waals surface area contributed by atoms with Crippen molar-refractivity contribution in [2.75, 3.05) is 13.2 Å². The number of nitrogens with zero attached hydrogens (tertiary/aromatic N) is 1. The van der Waals surface area contributed by atoms with Crippen molar-refractivity contribution in [2.45, 2.75) is 25.0 Å². The summed E-state index contributed by atoms with van der Waals surface area (Å²) >= 11 is 5.86. The second-order valence-corrected chi connectivity index (χ2v) is 6.54. The summed E-state index contributed by atoms with van der Waals surface area (Å²) in [4.78, 5) is 37.9. The van der Waals surface area contributed by atoms with Crippen LogP contribution in [0, 0.1) is 0 Å². The zero-order chi connectivity index (χ0) is 18.5. The van der Waals surface area contributed by atoms with Crippen molar-refractivity contribution < 1.29 is 14.3 Å². The lowest BCUT2D eigenvalue weighted by Crippen LogP contribution is -2.43. The monoisotopic (exact) mass is 374 g/mol. The van der Waals surface area contributed by atoms with Crippen molar-refractivity contribution in [1.29, 1.82) is 0 Å². The van der Waals surface area contributed by atoms with Crippen LogP contribution in [0.25, 0.3) is 0 Å². The molecule has 2 heterocycles. The summed E-state index contributed by atoms with van der Waals surface area (Å²) < 4.78 is 6.63. The van der Waals surface area contributed by atoms with E-state index >= 15 is 0 Å². The predicted octanol–water partition coefficient (Wildman–Crippen LogP) is 2.22. The molecule has 7 heteroatoms. The van der Waals surface area contributed by atoms with E-state index in [4.69, 9.17) is 16.3 Å². The Labute approximate surface area is 155 Å². The van der Waals surface area contributed by atoms with Gasteiger partial charge in [-0.2, -0.15) is 0 Å². The average Bonchev–Trinajstić information content (AvgIpc) is 3.16. The number of carbonyl (C=O) groups is 2. The SMILES string of the molecule is O=C(NCC1CCCO1)C(C(=O)c1ccc(Cl)cc1)n1ccccc1=O. The number of nitrogens with one attached hydrogen (secondary N) is 1. The van der Waals surface area contributed by atoms with Gasteiger partial charge in [0, 0.05) is 36.0 Å².